The van der Waals surface area contributed by atoms with Crippen LogP contribution in [-0.2, 0) is 12.7 Å². The van der Waals surface area contributed by atoms with E-state index in [1.54, 1.807) is 4.90 Å². The Bertz CT molecular complexity index is 670. The van der Waals surface area contributed by atoms with E-state index in [-0.39, 0.29) is 18.4 Å². The second kappa shape index (κ2) is 5.46. The highest BCUT2D eigenvalue weighted by Crippen LogP contribution is 2.51. The molecule has 1 aromatic rings. The van der Waals surface area contributed by atoms with Gasteiger partial charge in [-0.3, -0.25) is 0 Å². The largest absolute Gasteiger partial charge is 0.433 e. The van der Waals surface area contributed by atoms with Crippen LogP contribution in [0.25, 0.3) is 0 Å². The fourth-order valence-corrected chi connectivity index (χ4v) is 4.23. The molecule has 0 aromatic carbocycles. The van der Waals surface area contributed by atoms with Crippen molar-refractivity contribution in [2.45, 2.75) is 19.1 Å². The molecule has 0 spiro atoms. The van der Waals surface area contributed by atoms with Crippen LogP contribution in [0.4, 0.5) is 18.0 Å². The van der Waals surface area contributed by atoms with Gasteiger partial charge in [0.1, 0.15) is 11.5 Å². The molecule has 1 saturated carbocycles. The van der Waals surface area contributed by atoms with Gasteiger partial charge >= 0.3 is 12.2 Å². The molecule has 128 valence electrons. The third-order valence-corrected chi connectivity index (χ3v) is 5.34. The van der Waals surface area contributed by atoms with E-state index in [1.165, 1.54) is 6.42 Å². The molecule has 2 unspecified atom stereocenters. The van der Waals surface area contributed by atoms with E-state index >= 15 is 0 Å². The summed E-state index contributed by atoms with van der Waals surface area (Å²) >= 11 is 0. The molecule has 2 fully saturated rings. The quantitative estimate of drug-likeness (QED) is 0.843. The van der Waals surface area contributed by atoms with Crippen LogP contribution >= 0.6 is 0 Å². The highest BCUT2D eigenvalue weighted by atomic mass is 19.4. The van der Waals surface area contributed by atoms with Gasteiger partial charge in [0, 0.05) is 19.3 Å². The summed E-state index contributed by atoms with van der Waals surface area (Å²) in [6.07, 6.45) is 2.25. The van der Waals surface area contributed by atoms with Gasteiger partial charge in [0.15, 0.2) is 0 Å². The van der Waals surface area contributed by atoms with E-state index in [0.29, 0.717) is 36.8 Å². The van der Waals surface area contributed by atoms with Gasteiger partial charge in [-0.1, -0.05) is 12.2 Å². The lowest BCUT2D eigenvalue weighted by molar-refractivity contribution is -0.141. The van der Waals surface area contributed by atoms with Gasteiger partial charge in [0.05, 0.1) is 6.54 Å². The van der Waals surface area contributed by atoms with Crippen molar-refractivity contribution >= 4 is 6.03 Å². The molecule has 2 bridgehead atoms. The Hall–Kier alpha value is -2.12. The first-order valence-corrected chi connectivity index (χ1v) is 8.02. The first-order chi connectivity index (χ1) is 11.4. The fourth-order valence-electron chi connectivity index (χ4n) is 4.23. The van der Waals surface area contributed by atoms with E-state index in [1.807, 2.05) is 0 Å². The Morgan fingerprint density at radius 1 is 1.25 bits per heavy atom. The van der Waals surface area contributed by atoms with Crippen LogP contribution in [0, 0.1) is 23.7 Å². The van der Waals surface area contributed by atoms with Crippen molar-refractivity contribution in [3.05, 3.63) is 35.9 Å². The van der Waals surface area contributed by atoms with E-state index in [9.17, 15) is 18.0 Å². The number of rotatable bonds is 2. The maximum atomic E-state index is 12.6. The number of fused-ring (bicyclic) bond motifs is 5. The lowest BCUT2D eigenvalue weighted by Crippen LogP contribution is -2.39. The van der Waals surface area contributed by atoms with E-state index < -0.39 is 11.9 Å². The van der Waals surface area contributed by atoms with E-state index in [2.05, 4.69) is 27.4 Å². The zero-order valence-corrected chi connectivity index (χ0v) is 12.8. The zero-order valence-electron chi connectivity index (χ0n) is 12.8. The third kappa shape index (κ3) is 2.63. The molecule has 2 amide bonds. The van der Waals surface area contributed by atoms with E-state index in [4.69, 9.17) is 0 Å². The average molecular weight is 338 g/mol. The highest BCUT2D eigenvalue weighted by Gasteiger charge is 2.50. The van der Waals surface area contributed by atoms with Crippen molar-refractivity contribution in [3.63, 3.8) is 0 Å². The molecule has 1 N–H and O–H groups in total. The summed E-state index contributed by atoms with van der Waals surface area (Å²) in [6.45, 7) is 1.32. The molecule has 24 heavy (non-hydrogen) atoms. The Kier molecular flexibility index (Phi) is 3.51. The second-order valence-electron chi connectivity index (χ2n) is 6.70. The average Bonchev–Trinajstić information content (AvgIpc) is 3.24. The van der Waals surface area contributed by atoms with Crippen molar-refractivity contribution in [2.75, 3.05) is 13.1 Å². The topological polar surface area (TPSA) is 58.1 Å². The number of carbonyl (C=O) groups excluding carboxylic acids is 1. The first-order valence-electron chi connectivity index (χ1n) is 8.02. The van der Waals surface area contributed by atoms with Gasteiger partial charge < -0.3 is 10.2 Å². The summed E-state index contributed by atoms with van der Waals surface area (Å²) in [5.74, 6) is 2.15. The molecule has 1 saturated heterocycles. The van der Waals surface area contributed by atoms with Crippen molar-refractivity contribution < 1.29 is 18.0 Å². The van der Waals surface area contributed by atoms with Crippen LogP contribution in [0.5, 0.6) is 0 Å². The lowest BCUT2D eigenvalue weighted by Gasteiger charge is -2.19. The Balaban J connectivity index is 1.35. The summed E-state index contributed by atoms with van der Waals surface area (Å²) in [6, 6.07) is 0.556. The second-order valence-corrected chi connectivity index (χ2v) is 6.70. The van der Waals surface area contributed by atoms with Crippen LogP contribution in [0.15, 0.2) is 24.4 Å². The molecule has 4 atom stereocenters. The summed E-state index contributed by atoms with van der Waals surface area (Å²) in [4.78, 5) is 21.3. The van der Waals surface area contributed by atoms with Gasteiger partial charge in [0.2, 0.25) is 0 Å². The minimum absolute atomic E-state index is 0.0423. The van der Waals surface area contributed by atoms with Gasteiger partial charge in [-0.25, -0.2) is 14.8 Å². The van der Waals surface area contributed by atoms with Crippen molar-refractivity contribution in [2.24, 2.45) is 23.7 Å². The maximum Gasteiger partial charge on any atom is 0.433 e. The summed E-state index contributed by atoms with van der Waals surface area (Å²) in [7, 11) is 0. The highest BCUT2D eigenvalue weighted by molar-refractivity contribution is 5.74. The number of nitrogens with one attached hydrogen (secondary N) is 1. The van der Waals surface area contributed by atoms with Gasteiger partial charge in [0.25, 0.3) is 0 Å². The van der Waals surface area contributed by atoms with Gasteiger partial charge in [-0.15, -0.1) is 0 Å². The number of carbonyl (C=O) groups is 1. The van der Waals surface area contributed by atoms with Crippen LogP contribution < -0.4 is 5.32 Å². The molecular weight excluding hydrogens is 321 g/mol. The zero-order chi connectivity index (χ0) is 16.9. The molecule has 0 radical (unpaired) electrons. The summed E-state index contributed by atoms with van der Waals surface area (Å²) < 4.78 is 37.9. The van der Waals surface area contributed by atoms with Crippen molar-refractivity contribution in [1.29, 1.82) is 0 Å². The van der Waals surface area contributed by atoms with Gasteiger partial charge in [-0.2, -0.15) is 13.2 Å². The standard InChI is InChI=1S/C16H17F3N4O/c17-16(18,19)13-3-4-20-14(22-13)6-21-15(24)23-7-11-9-1-2-10(5-9)12(11)8-23/h1-4,9-12H,5-8H2,(H,21,24)/t9?,10?,11-,12+. The first kappa shape index (κ1) is 15.4. The van der Waals surface area contributed by atoms with Crippen LogP contribution in [0.2, 0.25) is 0 Å². The Labute approximate surface area is 137 Å². The smallest absolute Gasteiger partial charge is 0.331 e. The molecule has 2 aliphatic carbocycles. The maximum absolute atomic E-state index is 12.6. The van der Waals surface area contributed by atoms with Gasteiger partial charge in [-0.05, 0) is 36.2 Å². The molecule has 2 heterocycles. The molecule has 1 aromatic heterocycles. The number of aromatic nitrogens is 2. The monoisotopic (exact) mass is 338 g/mol. The summed E-state index contributed by atoms with van der Waals surface area (Å²) in [5, 5.41) is 2.63. The Morgan fingerprint density at radius 2 is 1.92 bits per heavy atom. The number of nitrogens with zero attached hydrogens (tertiary/aromatic N) is 3. The molecule has 4 rings (SSSR count). The molecular formula is C16H17F3N4O. The molecule has 5 nitrogen and oxygen atoms in total. The van der Waals surface area contributed by atoms with Crippen molar-refractivity contribution in [1.82, 2.24) is 20.2 Å². The van der Waals surface area contributed by atoms with Crippen LogP contribution in [0.3, 0.4) is 0 Å². The third-order valence-electron chi connectivity index (χ3n) is 5.34. The number of allylic oxidation sites excluding steroid dienone is 2. The van der Waals surface area contributed by atoms with Crippen LogP contribution in [-0.4, -0.2) is 34.0 Å². The number of likely N-dealkylation sites (tertiary alicyclic amines) is 1. The molecule has 8 heteroatoms. The number of hydrogen-bond acceptors (Lipinski definition) is 3. The molecule has 3 aliphatic rings. The number of hydrogen-bond donors (Lipinski definition) is 1. The number of amides is 2. The fraction of sp³-hybridized carbons (Fsp3) is 0.562. The van der Waals surface area contributed by atoms with Crippen LogP contribution in [0.1, 0.15) is 17.9 Å². The van der Waals surface area contributed by atoms with Crippen molar-refractivity contribution in [3.8, 4) is 0 Å². The Morgan fingerprint density at radius 3 is 2.54 bits per heavy atom. The minimum Gasteiger partial charge on any atom is -0.331 e. The number of halogens is 3. The predicted octanol–water partition coefficient (Wildman–Crippen LogP) is 2.46. The summed E-state index contributed by atoms with van der Waals surface area (Å²) in [5.41, 5.74) is -1.000. The minimum atomic E-state index is -4.51. The van der Waals surface area contributed by atoms with E-state index in [0.717, 1.165) is 12.3 Å². The predicted molar refractivity (Wildman–Crippen MR) is 78.6 cm³/mol. The number of urea groups is 1. The normalized spacial score (nSPS) is 30.7. The number of alkyl halides is 3. The lowest BCUT2D eigenvalue weighted by atomic mass is 9.86. The molecule has 1 aliphatic heterocycles. The SMILES string of the molecule is O=C(NCc1nccc(C(F)(F)F)n1)N1C[C@@H]2C3C=CC(C3)[C@@H]2C1.